The summed E-state index contributed by atoms with van der Waals surface area (Å²) in [7, 11) is -1.23. The van der Waals surface area contributed by atoms with E-state index >= 15 is 0 Å². The molecule has 1 aromatic rings. The molecule has 0 radical (unpaired) electrons. The van der Waals surface area contributed by atoms with E-state index in [4.69, 9.17) is 4.99 Å². The lowest BCUT2D eigenvalue weighted by Gasteiger charge is -2.31. The molecule has 1 aromatic carbocycles. The number of nitrogens with one attached hydrogen (secondary N) is 2. The zero-order chi connectivity index (χ0) is 19.9. The third-order valence-electron chi connectivity index (χ3n) is 5.08. The van der Waals surface area contributed by atoms with Crippen LogP contribution in [0.5, 0.6) is 0 Å². The number of aliphatic imine (C=N–C) groups is 1. The first-order valence-electron chi connectivity index (χ1n) is 9.83. The van der Waals surface area contributed by atoms with Crippen LogP contribution in [0.2, 0.25) is 0 Å². The summed E-state index contributed by atoms with van der Waals surface area (Å²) in [6.45, 7) is 6.63. The first-order chi connectivity index (χ1) is 12.8. The fourth-order valence-electron chi connectivity index (χ4n) is 3.57. The molecule has 0 spiro atoms. The van der Waals surface area contributed by atoms with Crippen molar-refractivity contribution in [2.45, 2.75) is 46.1 Å². The Kier molecular flexibility index (Phi) is 7.95. The molecule has 1 aliphatic rings. The number of rotatable bonds is 7. The second-order valence-corrected chi connectivity index (χ2v) is 9.46. The number of guanidine groups is 1. The second kappa shape index (κ2) is 9.97. The van der Waals surface area contributed by atoms with Gasteiger partial charge in [-0.3, -0.25) is 4.72 Å². The van der Waals surface area contributed by atoms with Gasteiger partial charge in [0.15, 0.2) is 5.96 Å². The minimum absolute atomic E-state index is 0.424. The van der Waals surface area contributed by atoms with Gasteiger partial charge in [-0.05, 0) is 43.2 Å². The fourth-order valence-corrected chi connectivity index (χ4v) is 4.17. The Morgan fingerprint density at radius 2 is 1.89 bits per heavy atom. The van der Waals surface area contributed by atoms with Crippen molar-refractivity contribution in [3.63, 3.8) is 0 Å². The molecule has 7 heteroatoms. The Labute approximate surface area is 164 Å². The maximum absolute atomic E-state index is 11.6. The molecule has 0 atom stereocenters. The zero-order valence-corrected chi connectivity index (χ0v) is 17.8. The summed E-state index contributed by atoms with van der Waals surface area (Å²) in [4.78, 5) is 6.96. The van der Waals surface area contributed by atoms with E-state index in [0.717, 1.165) is 36.8 Å². The minimum Gasteiger partial charge on any atom is -0.357 e. The third-order valence-corrected chi connectivity index (χ3v) is 5.67. The summed E-state index contributed by atoms with van der Waals surface area (Å²) < 4.78 is 25.7. The third kappa shape index (κ3) is 7.40. The van der Waals surface area contributed by atoms with Crippen molar-refractivity contribution in [2.75, 3.05) is 31.1 Å². The number of anilines is 1. The Balaban J connectivity index is 2.06. The molecule has 1 aliphatic carbocycles. The van der Waals surface area contributed by atoms with Crippen LogP contribution >= 0.6 is 0 Å². The maximum atomic E-state index is 11.6. The first kappa shape index (κ1) is 21.5. The van der Waals surface area contributed by atoms with Crippen molar-refractivity contribution in [3.05, 3.63) is 29.8 Å². The van der Waals surface area contributed by atoms with Gasteiger partial charge in [-0.2, -0.15) is 0 Å². The molecule has 0 aromatic heterocycles. The molecule has 1 fully saturated rings. The topological polar surface area (TPSA) is 73.8 Å². The van der Waals surface area contributed by atoms with Gasteiger partial charge in [0.05, 0.1) is 18.5 Å². The van der Waals surface area contributed by atoms with Gasteiger partial charge >= 0.3 is 0 Å². The summed E-state index contributed by atoms with van der Waals surface area (Å²) in [6.07, 6.45) is 6.36. The molecule has 0 aliphatic heterocycles. The van der Waals surface area contributed by atoms with Gasteiger partial charge in [-0.25, -0.2) is 13.4 Å². The highest BCUT2D eigenvalue weighted by Crippen LogP contribution is 2.28. The Bertz CT molecular complexity index is 725. The summed E-state index contributed by atoms with van der Waals surface area (Å²) in [5.41, 5.74) is 1.45. The number of sulfonamides is 1. The van der Waals surface area contributed by atoms with Crippen molar-refractivity contribution >= 4 is 21.7 Å². The van der Waals surface area contributed by atoms with Crippen LogP contribution in [0.15, 0.2) is 29.3 Å². The van der Waals surface area contributed by atoms with Gasteiger partial charge < -0.3 is 10.2 Å². The summed E-state index contributed by atoms with van der Waals surface area (Å²) >= 11 is 0. The van der Waals surface area contributed by atoms with E-state index in [1.54, 1.807) is 6.07 Å². The van der Waals surface area contributed by atoms with Crippen LogP contribution in [-0.4, -0.2) is 45.7 Å². The van der Waals surface area contributed by atoms with Crippen molar-refractivity contribution in [2.24, 2.45) is 16.8 Å². The number of para-hydroxylation sites is 1. The fraction of sp³-hybridized carbons (Fsp3) is 0.650. The van der Waals surface area contributed by atoms with Crippen molar-refractivity contribution in [3.8, 4) is 0 Å². The van der Waals surface area contributed by atoms with Crippen LogP contribution in [0.1, 0.15) is 45.1 Å². The molecule has 0 amide bonds. The van der Waals surface area contributed by atoms with Crippen LogP contribution in [0.4, 0.5) is 5.69 Å². The van der Waals surface area contributed by atoms with Crippen LogP contribution in [-0.2, 0) is 16.6 Å². The Hall–Kier alpha value is -1.76. The summed E-state index contributed by atoms with van der Waals surface area (Å²) in [5, 5.41) is 3.36. The van der Waals surface area contributed by atoms with Crippen molar-refractivity contribution in [1.29, 1.82) is 0 Å². The lowest BCUT2D eigenvalue weighted by molar-refractivity contribution is 0.250. The van der Waals surface area contributed by atoms with E-state index in [1.165, 1.54) is 25.7 Å². The van der Waals surface area contributed by atoms with E-state index < -0.39 is 10.0 Å². The highest BCUT2D eigenvalue weighted by Gasteiger charge is 2.20. The van der Waals surface area contributed by atoms with Crippen LogP contribution in [0.3, 0.4) is 0 Å². The molecule has 0 bridgehead atoms. The number of nitrogens with zero attached hydrogens (tertiary/aromatic N) is 2. The standard InChI is InChI=1S/C20H34N4O2S/c1-5-21-20(24(3)15-17-12-10-16(2)11-13-17)22-14-18-8-6-7-9-19(18)23-27(4,25)26/h6-9,16-17,23H,5,10-15H2,1-4H3,(H,21,22). The molecule has 2 N–H and O–H groups in total. The first-order valence-corrected chi connectivity index (χ1v) is 11.7. The molecule has 0 heterocycles. The summed E-state index contributed by atoms with van der Waals surface area (Å²) in [6, 6.07) is 7.40. The number of hydrogen-bond acceptors (Lipinski definition) is 3. The molecule has 1 saturated carbocycles. The van der Waals surface area contributed by atoms with Gasteiger partial charge in [0, 0.05) is 20.1 Å². The molecule has 2 rings (SSSR count). The highest BCUT2D eigenvalue weighted by atomic mass is 32.2. The van der Waals surface area contributed by atoms with Gasteiger partial charge in [-0.15, -0.1) is 0 Å². The van der Waals surface area contributed by atoms with Gasteiger partial charge in [-0.1, -0.05) is 38.0 Å². The predicted octanol–water partition coefficient (Wildman–Crippen LogP) is 3.28. The number of benzene rings is 1. The highest BCUT2D eigenvalue weighted by molar-refractivity contribution is 7.92. The largest absolute Gasteiger partial charge is 0.357 e. The average molecular weight is 395 g/mol. The van der Waals surface area contributed by atoms with Crippen molar-refractivity contribution in [1.82, 2.24) is 10.2 Å². The average Bonchev–Trinajstić information content (AvgIpc) is 2.60. The quantitative estimate of drug-likeness (QED) is 0.550. The molecule has 6 nitrogen and oxygen atoms in total. The van der Waals surface area contributed by atoms with Gasteiger partial charge in [0.1, 0.15) is 0 Å². The van der Waals surface area contributed by atoms with Crippen LogP contribution < -0.4 is 10.0 Å². The van der Waals surface area contributed by atoms with Gasteiger partial charge in [0.25, 0.3) is 0 Å². The molecular weight excluding hydrogens is 360 g/mol. The van der Waals surface area contributed by atoms with E-state index in [-0.39, 0.29) is 0 Å². The predicted molar refractivity (Wildman–Crippen MR) is 113 cm³/mol. The van der Waals surface area contributed by atoms with E-state index in [0.29, 0.717) is 18.2 Å². The minimum atomic E-state index is -3.31. The Morgan fingerprint density at radius 3 is 2.52 bits per heavy atom. The summed E-state index contributed by atoms with van der Waals surface area (Å²) in [5.74, 6) is 2.44. The van der Waals surface area contributed by atoms with E-state index in [9.17, 15) is 8.42 Å². The van der Waals surface area contributed by atoms with Crippen molar-refractivity contribution < 1.29 is 8.42 Å². The monoisotopic (exact) mass is 394 g/mol. The SMILES string of the molecule is CCNC(=NCc1ccccc1NS(C)(=O)=O)N(C)CC1CCC(C)CC1. The van der Waals surface area contributed by atoms with E-state index in [1.807, 2.05) is 18.2 Å². The van der Waals surface area contributed by atoms with Crippen LogP contribution in [0, 0.1) is 11.8 Å². The normalized spacial score (nSPS) is 21.0. The molecule has 0 unspecified atom stereocenters. The molecule has 152 valence electrons. The lowest BCUT2D eigenvalue weighted by atomic mass is 9.83. The second-order valence-electron chi connectivity index (χ2n) is 7.71. The zero-order valence-electron chi connectivity index (χ0n) is 17.0. The molecular formula is C20H34N4O2S. The number of hydrogen-bond donors (Lipinski definition) is 2. The lowest BCUT2D eigenvalue weighted by Crippen LogP contribution is -2.41. The van der Waals surface area contributed by atoms with Gasteiger partial charge in [0.2, 0.25) is 10.0 Å². The van der Waals surface area contributed by atoms with Crippen LogP contribution in [0.25, 0.3) is 0 Å². The smallest absolute Gasteiger partial charge is 0.229 e. The van der Waals surface area contributed by atoms with E-state index in [2.05, 4.69) is 35.8 Å². The molecule has 27 heavy (non-hydrogen) atoms. The maximum Gasteiger partial charge on any atom is 0.229 e. The Morgan fingerprint density at radius 1 is 1.22 bits per heavy atom. The molecule has 0 saturated heterocycles.